The second kappa shape index (κ2) is 7.36. The molecular formula is C15H11F2NO6. The number of rotatable bonds is 6. The van der Waals surface area contributed by atoms with Crippen molar-refractivity contribution in [2.24, 2.45) is 0 Å². The van der Waals surface area contributed by atoms with E-state index in [4.69, 9.17) is 9.47 Å². The molecule has 0 saturated heterocycles. The fourth-order valence-corrected chi connectivity index (χ4v) is 1.79. The molecule has 2 aromatic rings. The van der Waals surface area contributed by atoms with Gasteiger partial charge in [-0.3, -0.25) is 10.1 Å². The molecule has 0 unspecified atom stereocenters. The summed E-state index contributed by atoms with van der Waals surface area (Å²) in [4.78, 5) is 22.2. The maximum Gasteiger partial charge on any atom is 0.387 e. The van der Waals surface area contributed by atoms with E-state index in [1.807, 2.05) is 0 Å². The van der Waals surface area contributed by atoms with Crippen molar-refractivity contribution in [3.63, 3.8) is 0 Å². The van der Waals surface area contributed by atoms with E-state index in [1.54, 1.807) is 0 Å². The van der Waals surface area contributed by atoms with Gasteiger partial charge in [0.2, 0.25) is 0 Å². The normalized spacial score (nSPS) is 10.3. The van der Waals surface area contributed by atoms with Gasteiger partial charge < -0.3 is 14.2 Å². The Morgan fingerprint density at radius 1 is 1.12 bits per heavy atom. The van der Waals surface area contributed by atoms with Gasteiger partial charge in [-0.25, -0.2) is 4.79 Å². The van der Waals surface area contributed by atoms with Crippen LogP contribution in [-0.2, 0) is 0 Å². The maximum atomic E-state index is 12.1. The maximum absolute atomic E-state index is 12.1. The number of nitrogens with zero attached hydrogens (tertiary/aromatic N) is 1. The highest BCUT2D eigenvalue weighted by molar-refractivity contribution is 5.91. The van der Waals surface area contributed by atoms with E-state index in [0.29, 0.717) is 0 Å². The number of alkyl halides is 2. The molecule has 7 nitrogen and oxygen atoms in total. The number of benzene rings is 2. The molecule has 0 bridgehead atoms. The number of nitro benzene ring substituents is 1. The molecule has 0 aromatic heterocycles. The predicted molar refractivity (Wildman–Crippen MR) is 77.7 cm³/mol. The molecule has 2 rings (SSSR count). The first-order chi connectivity index (χ1) is 11.4. The Morgan fingerprint density at radius 2 is 1.79 bits per heavy atom. The highest BCUT2D eigenvalue weighted by Gasteiger charge is 2.17. The number of carbonyl (C=O) groups excluding carboxylic acids is 1. The van der Waals surface area contributed by atoms with E-state index in [1.165, 1.54) is 43.5 Å². The van der Waals surface area contributed by atoms with Crippen LogP contribution in [-0.4, -0.2) is 24.6 Å². The number of hydrogen-bond acceptors (Lipinski definition) is 6. The van der Waals surface area contributed by atoms with Gasteiger partial charge in [-0.2, -0.15) is 8.78 Å². The molecule has 24 heavy (non-hydrogen) atoms. The molecule has 0 radical (unpaired) electrons. The van der Waals surface area contributed by atoms with Gasteiger partial charge >= 0.3 is 12.6 Å². The number of esters is 1. The Bertz CT molecular complexity index is 748. The minimum Gasteiger partial charge on any atom is -0.493 e. The molecule has 0 saturated carbocycles. The molecular weight excluding hydrogens is 328 g/mol. The summed E-state index contributed by atoms with van der Waals surface area (Å²) in [7, 11) is 1.31. The molecule has 9 heteroatoms. The van der Waals surface area contributed by atoms with Crippen LogP contribution in [0, 0.1) is 10.1 Å². The average molecular weight is 339 g/mol. The van der Waals surface area contributed by atoms with Crippen molar-refractivity contribution in [2.75, 3.05) is 7.11 Å². The summed E-state index contributed by atoms with van der Waals surface area (Å²) in [5.41, 5.74) is -0.232. The number of nitro groups is 1. The Hall–Kier alpha value is -3.23. The summed E-state index contributed by atoms with van der Waals surface area (Å²) < 4.78 is 38.4. The van der Waals surface area contributed by atoms with Gasteiger partial charge in [0.1, 0.15) is 5.75 Å². The Morgan fingerprint density at radius 3 is 2.33 bits per heavy atom. The van der Waals surface area contributed by atoms with Gasteiger partial charge in [0.05, 0.1) is 23.7 Å². The van der Waals surface area contributed by atoms with Gasteiger partial charge in [-0.1, -0.05) is 0 Å². The van der Waals surface area contributed by atoms with Crippen LogP contribution in [0.5, 0.6) is 17.2 Å². The SMILES string of the molecule is COc1ccc([N+](=O)[O-])cc1OC(=O)c1ccc(OC(F)F)cc1. The number of methoxy groups -OCH3 is 1. The summed E-state index contributed by atoms with van der Waals surface area (Å²) in [5, 5.41) is 10.8. The molecule has 0 aliphatic heterocycles. The van der Waals surface area contributed by atoms with Crippen LogP contribution in [0.2, 0.25) is 0 Å². The van der Waals surface area contributed by atoms with E-state index in [2.05, 4.69) is 4.74 Å². The quantitative estimate of drug-likeness (QED) is 0.347. The van der Waals surface area contributed by atoms with E-state index < -0.39 is 17.5 Å². The zero-order valence-corrected chi connectivity index (χ0v) is 12.3. The molecule has 0 N–H and O–H groups in total. The smallest absolute Gasteiger partial charge is 0.387 e. The summed E-state index contributed by atoms with van der Waals surface area (Å²) in [6.07, 6.45) is 0. The highest BCUT2D eigenvalue weighted by Crippen LogP contribution is 2.31. The highest BCUT2D eigenvalue weighted by atomic mass is 19.3. The lowest BCUT2D eigenvalue weighted by Gasteiger charge is -2.09. The number of ether oxygens (including phenoxy) is 3. The molecule has 0 spiro atoms. The fourth-order valence-electron chi connectivity index (χ4n) is 1.79. The number of hydrogen-bond donors (Lipinski definition) is 0. The molecule has 0 amide bonds. The van der Waals surface area contributed by atoms with Crippen LogP contribution in [0.4, 0.5) is 14.5 Å². The van der Waals surface area contributed by atoms with Crippen LogP contribution in [0.1, 0.15) is 10.4 Å². The Labute approximate surface area is 134 Å². The molecule has 0 aliphatic carbocycles. The summed E-state index contributed by atoms with van der Waals surface area (Å²) in [6, 6.07) is 8.34. The third-order valence-corrected chi connectivity index (χ3v) is 2.88. The van der Waals surface area contributed by atoms with Gasteiger partial charge in [0.25, 0.3) is 5.69 Å². The Balaban J connectivity index is 2.19. The second-order valence-corrected chi connectivity index (χ2v) is 4.38. The van der Waals surface area contributed by atoms with Crippen molar-refractivity contribution < 1.29 is 32.7 Å². The van der Waals surface area contributed by atoms with Gasteiger partial charge in [-0.05, 0) is 30.3 Å². The lowest BCUT2D eigenvalue weighted by atomic mass is 10.2. The molecule has 2 aromatic carbocycles. The molecule has 0 atom stereocenters. The topological polar surface area (TPSA) is 87.9 Å². The van der Waals surface area contributed by atoms with Crippen LogP contribution in [0.15, 0.2) is 42.5 Å². The first-order valence-corrected chi connectivity index (χ1v) is 6.50. The number of non-ortho nitro benzene ring substituents is 1. The van der Waals surface area contributed by atoms with Crippen molar-refractivity contribution in [2.45, 2.75) is 6.61 Å². The van der Waals surface area contributed by atoms with E-state index in [9.17, 15) is 23.7 Å². The molecule has 0 fully saturated rings. The Kier molecular flexibility index (Phi) is 5.25. The zero-order valence-electron chi connectivity index (χ0n) is 12.3. The minimum absolute atomic E-state index is 0.0465. The van der Waals surface area contributed by atoms with E-state index in [-0.39, 0.29) is 28.5 Å². The van der Waals surface area contributed by atoms with E-state index in [0.717, 1.165) is 6.07 Å². The molecule has 0 aliphatic rings. The fraction of sp³-hybridized carbons (Fsp3) is 0.133. The average Bonchev–Trinajstić information content (AvgIpc) is 2.54. The van der Waals surface area contributed by atoms with Crippen molar-refractivity contribution in [1.82, 2.24) is 0 Å². The molecule has 126 valence electrons. The summed E-state index contributed by atoms with van der Waals surface area (Å²) in [5.74, 6) is -0.955. The number of carbonyl (C=O) groups is 1. The van der Waals surface area contributed by atoms with Crippen LogP contribution >= 0.6 is 0 Å². The summed E-state index contributed by atoms with van der Waals surface area (Å²) >= 11 is 0. The van der Waals surface area contributed by atoms with Crippen molar-refractivity contribution in [3.05, 3.63) is 58.1 Å². The standard InChI is InChI=1S/C15H11F2NO6/c1-22-12-7-4-10(18(20)21)8-13(12)24-14(19)9-2-5-11(6-3-9)23-15(16)17/h2-8,15H,1H3. The predicted octanol–water partition coefficient (Wildman–Crippen LogP) is 3.42. The largest absolute Gasteiger partial charge is 0.493 e. The zero-order chi connectivity index (χ0) is 17.7. The number of halogens is 2. The molecule has 0 heterocycles. The minimum atomic E-state index is -2.98. The monoisotopic (exact) mass is 339 g/mol. The first kappa shape index (κ1) is 17.1. The van der Waals surface area contributed by atoms with Gasteiger partial charge in [0.15, 0.2) is 11.5 Å². The van der Waals surface area contributed by atoms with Crippen LogP contribution in [0.3, 0.4) is 0 Å². The van der Waals surface area contributed by atoms with Crippen molar-refractivity contribution >= 4 is 11.7 Å². The van der Waals surface area contributed by atoms with Crippen LogP contribution in [0.25, 0.3) is 0 Å². The van der Waals surface area contributed by atoms with Gasteiger partial charge in [-0.15, -0.1) is 0 Å². The second-order valence-electron chi connectivity index (χ2n) is 4.38. The van der Waals surface area contributed by atoms with Gasteiger partial charge in [0, 0.05) is 6.07 Å². The third kappa shape index (κ3) is 4.15. The first-order valence-electron chi connectivity index (χ1n) is 6.50. The van der Waals surface area contributed by atoms with E-state index >= 15 is 0 Å². The van der Waals surface area contributed by atoms with Crippen LogP contribution < -0.4 is 14.2 Å². The third-order valence-electron chi connectivity index (χ3n) is 2.88. The summed E-state index contributed by atoms with van der Waals surface area (Å²) in [6.45, 7) is -2.98. The lowest BCUT2D eigenvalue weighted by Crippen LogP contribution is -2.10. The van der Waals surface area contributed by atoms with Crippen molar-refractivity contribution in [3.8, 4) is 17.2 Å². The van der Waals surface area contributed by atoms with Crippen molar-refractivity contribution in [1.29, 1.82) is 0 Å². The lowest BCUT2D eigenvalue weighted by molar-refractivity contribution is -0.384.